The molecule has 0 aromatic carbocycles. The maximum atomic E-state index is 12.6. The van der Waals surface area contributed by atoms with Gasteiger partial charge in [-0.3, -0.25) is 9.05 Å². The van der Waals surface area contributed by atoms with Crippen molar-refractivity contribution in [3.8, 4) is 0 Å². The number of hydrogen-bond acceptors (Lipinski definition) is 6. The van der Waals surface area contributed by atoms with Crippen LogP contribution >= 0.6 is 32.1 Å². The highest BCUT2D eigenvalue weighted by molar-refractivity contribution is 8.09. The molecule has 0 saturated carbocycles. The lowest BCUT2D eigenvalue weighted by Gasteiger charge is -2.24. The summed E-state index contributed by atoms with van der Waals surface area (Å²) in [5.41, 5.74) is -0.216. The fourth-order valence-electron chi connectivity index (χ4n) is 1.48. The fraction of sp³-hybridized carbons (Fsp3) is 1.00. The Hall–Kier alpha value is 0.770. The molecule has 0 saturated heterocycles. The van der Waals surface area contributed by atoms with Crippen molar-refractivity contribution in [1.29, 1.82) is 0 Å². The lowest BCUT2D eigenvalue weighted by molar-refractivity contribution is 0.157. The van der Waals surface area contributed by atoms with E-state index in [0.29, 0.717) is 11.6 Å². The van der Waals surface area contributed by atoms with Crippen molar-refractivity contribution in [2.24, 2.45) is 0 Å². The average Bonchev–Trinajstić information content (AvgIpc) is 2.26. The number of thioether (sulfide) groups is 1. The molecule has 0 rings (SSSR count). The second-order valence-corrected chi connectivity index (χ2v) is 8.80. The predicted octanol–water partition coefficient (Wildman–Crippen LogP) is 3.43. The van der Waals surface area contributed by atoms with E-state index in [9.17, 15) is 4.57 Å². The quantitative estimate of drug-likeness (QED) is 0.245. The summed E-state index contributed by atoms with van der Waals surface area (Å²) in [7, 11) is 0.839. The van der Waals surface area contributed by atoms with E-state index in [4.69, 9.17) is 9.05 Å². The Labute approximate surface area is 133 Å². The number of nitrogens with one attached hydrogen (secondary N) is 1. The third-order valence-corrected chi connectivity index (χ3v) is 5.49. The highest BCUT2D eigenvalue weighted by Crippen LogP contribution is 2.47. The molecule has 0 fully saturated rings. The molecule has 2 unspecified atom stereocenters. The summed E-state index contributed by atoms with van der Waals surface area (Å²) in [6, 6.07) is 0. The minimum Gasteiger partial charge on any atom is -0.309 e. The molecule has 0 heterocycles. The first-order chi connectivity index (χ1) is 9.29. The SMILES string of the molecule is CC(C)OP(=O)(NCCCCN(C)C)OC(C)SCS. The summed E-state index contributed by atoms with van der Waals surface area (Å²) in [5, 5.41) is 3.56. The lowest BCUT2D eigenvalue weighted by Crippen LogP contribution is -2.22. The third kappa shape index (κ3) is 11.4. The van der Waals surface area contributed by atoms with E-state index in [0.717, 1.165) is 19.4 Å². The van der Waals surface area contributed by atoms with Gasteiger partial charge in [0, 0.05) is 11.6 Å². The molecule has 1 N–H and O–H groups in total. The highest BCUT2D eigenvalue weighted by atomic mass is 32.2. The minimum atomic E-state index is -3.24. The molecule has 0 aliphatic heterocycles. The number of hydrogen-bond donors (Lipinski definition) is 2. The van der Waals surface area contributed by atoms with E-state index in [1.165, 1.54) is 11.8 Å². The zero-order valence-electron chi connectivity index (χ0n) is 13.2. The first-order valence-electron chi connectivity index (χ1n) is 6.88. The Morgan fingerprint density at radius 1 is 1.25 bits per heavy atom. The van der Waals surface area contributed by atoms with Gasteiger partial charge in [0.15, 0.2) is 0 Å². The van der Waals surface area contributed by atoms with E-state index in [-0.39, 0.29) is 11.5 Å². The van der Waals surface area contributed by atoms with Crippen molar-refractivity contribution < 1.29 is 13.6 Å². The van der Waals surface area contributed by atoms with Crippen molar-refractivity contribution in [2.45, 2.75) is 45.2 Å². The van der Waals surface area contributed by atoms with Crippen molar-refractivity contribution in [2.75, 3.05) is 32.3 Å². The van der Waals surface area contributed by atoms with Crippen molar-refractivity contribution in [3.63, 3.8) is 0 Å². The zero-order chi connectivity index (χ0) is 15.6. The molecule has 0 aliphatic carbocycles. The van der Waals surface area contributed by atoms with Gasteiger partial charge in [0.2, 0.25) is 0 Å². The van der Waals surface area contributed by atoms with Crippen molar-refractivity contribution >= 4 is 32.1 Å². The molecule has 2 atom stereocenters. The smallest absolute Gasteiger partial charge is 0.309 e. The van der Waals surface area contributed by atoms with Crippen molar-refractivity contribution in [3.05, 3.63) is 0 Å². The van der Waals surface area contributed by atoms with Crippen LogP contribution in [-0.2, 0) is 13.6 Å². The first-order valence-corrected chi connectivity index (χ1v) is 10.1. The van der Waals surface area contributed by atoms with Crippen LogP contribution in [-0.4, -0.2) is 48.7 Å². The Morgan fingerprint density at radius 2 is 1.90 bits per heavy atom. The number of thiol groups is 1. The Balaban J connectivity index is 4.22. The van der Waals surface area contributed by atoms with E-state index in [2.05, 4.69) is 22.6 Å². The van der Waals surface area contributed by atoms with Gasteiger partial charge in [-0.25, -0.2) is 9.65 Å². The first kappa shape index (κ1) is 20.8. The van der Waals surface area contributed by atoms with Crippen LogP contribution in [0.2, 0.25) is 0 Å². The molecule has 20 heavy (non-hydrogen) atoms. The second kappa shape index (κ2) is 11.4. The molecule has 0 spiro atoms. The summed E-state index contributed by atoms with van der Waals surface area (Å²) in [6.45, 7) is 7.19. The van der Waals surface area contributed by atoms with Gasteiger partial charge in [-0.05, 0) is 54.3 Å². The largest absolute Gasteiger partial charge is 0.406 e. The maximum Gasteiger partial charge on any atom is 0.406 e. The van der Waals surface area contributed by atoms with Crippen LogP contribution in [0.5, 0.6) is 0 Å². The van der Waals surface area contributed by atoms with Crippen LogP contribution in [0, 0.1) is 0 Å². The molecule has 5 nitrogen and oxygen atoms in total. The third-order valence-electron chi connectivity index (χ3n) is 2.28. The van der Waals surface area contributed by atoms with Crippen LogP contribution in [0.1, 0.15) is 33.6 Å². The molecular formula is C12H29N2O3PS2. The van der Waals surface area contributed by atoms with Gasteiger partial charge >= 0.3 is 7.75 Å². The molecular weight excluding hydrogens is 315 g/mol. The number of nitrogens with zero attached hydrogens (tertiary/aromatic N) is 1. The standard InChI is InChI=1S/C12H29N2O3PS2/c1-11(2)16-18(15,17-12(3)20-10-19)13-8-6-7-9-14(4)5/h11-12,19H,6-10H2,1-5H3,(H,13,15). The summed E-state index contributed by atoms with van der Waals surface area (Å²) in [5.74, 6) is 0. The van der Waals surface area contributed by atoms with Crippen LogP contribution in [0.25, 0.3) is 0 Å². The predicted molar refractivity (Wildman–Crippen MR) is 91.6 cm³/mol. The maximum absolute atomic E-state index is 12.6. The Morgan fingerprint density at radius 3 is 2.40 bits per heavy atom. The van der Waals surface area contributed by atoms with E-state index < -0.39 is 7.75 Å². The van der Waals surface area contributed by atoms with Gasteiger partial charge in [-0.2, -0.15) is 12.6 Å². The lowest BCUT2D eigenvalue weighted by atomic mass is 10.3. The van der Waals surface area contributed by atoms with Crippen LogP contribution in [0.4, 0.5) is 0 Å². The Bertz CT molecular complexity index is 294. The monoisotopic (exact) mass is 344 g/mol. The summed E-state index contributed by atoms with van der Waals surface area (Å²) < 4.78 is 23.6. The summed E-state index contributed by atoms with van der Waals surface area (Å²) in [6.07, 6.45) is 1.83. The molecule has 0 aromatic rings. The van der Waals surface area contributed by atoms with E-state index in [1.54, 1.807) is 0 Å². The molecule has 0 amide bonds. The number of unbranched alkanes of at least 4 members (excludes halogenated alkanes) is 1. The van der Waals surface area contributed by atoms with Gasteiger partial charge in [-0.15, -0.1) is 11.8 Å². The fourth-order valence-corrected chi connectivity index (χ4v) is 4.48. The minimum absolute atomic E-state index is 0.150. The Kier molecular flexibility index (Phi) is 11.8. The summed E-state index contributed by atoms with van der Waals surface area (Å²) >= 11 is 5.60. The molecule has 122 valence electrons. The van der Waals surface area contributed by atoms with Crippen LogP contribution in [0.3, 0.4) is 0 Å². The van der Waals surface area contributed by atoms with Gasteiger partial charge in [-0.1, -0.05) is 0 Å². The second-order valence-electron chi connectivity index (χ2n) is 5.04. The topological polar surface area (TPSA) is 50.8 Å². The highest BCUT2D eigenvalue weighted by Gasteiger charge is 2.28. The van der Waals surface area contributed by atoms with E-state index in [1.807, 2.05) is 34.9 Å². The van der Waals surface area contributed by atoms with Crippen LogP contribution < -0.4 is 5.09 Å². The molecule has 8 heteroatoms. The molecule has 0 bridgehead atoms. The van der Waals surface area contributed by atoms with E-state index >= 15 is 0 Å². The van der Waals surface area contributed by atoms with Crippen molar-refractivity contribution in [1.82, 2.24) is 9.99 Å². The van der Waals surface area contributed by atoms with Gasteiger partial charge < -0.3 is 4.90 Å². The molecule has 0 radical (unpaired) electrons. The number of rotatable bonds is 12. The van der Waals surface area contributed by atoms with Gasteiger partial charge in [0.05, 0.1) is 6.10 Å². The van der Waals surface area contributed by atoms with Gasteiger partial charge in [0.1, 0.15) is 5.44 Å². The molecule has 0 aromatic heterocycles. The van der Waals surface area contributed by atoms with Gasteiger partial charge in [0.25, 0.3) is 0 Å². The molecule has 0 aliphatic rings. The zero-order valence-corrected chi connectivity index (χ0v) is 15.8. The summed E-state index contributed by atoms with van der Waals surface area (Å²) in [4.78, 5) is 2.13. The van der Waals surface area contributed by atoms with Crippen LogP contribution in [0.15, 0.2) is 0 Å². The normalized spacial score (nSPS) is 16.6. The average molecular weight is 344 g/mol.